The summed E-state index contributed by atoms with van der Waals surface area (Å²) in [4.78, 5) is 18.9. The Kier molecular flexibility index (Phi) is 5.43. The fourth-order valence-corrected chi connectivity index (χ4v) is 3.42. The predicted octanol–water partition coefficient (Wildman–Crippen LogP) is 5.01. The van der Waals surface area contributed by atoms with E-state index >= 15 is 0 Å². The van der Waals surface area contributed by atoms with Crippen LogP contribution in [0, 0.1) is 6.92 Å². The summed E-state index contributed by atoms with van der Waals surface area (Å²) in [6, 6.07) is 13.7. The molecule has 4 nitrogen and oxygen atoms in total. The highest BCUT2D eigenvalue weighted by molar-refractivity contribution is 6.31. The van der Waals surface area contributed by atoms with Gasteiger partial charge in [-0.3, -0.25) is 4.98 Å². The first kappa shape index (κ1) is 18.2. The SMILES string of the molecule is CCOC(=O)c1cc(Cl)cc(C)c1N(C)Cc1cc2ccccc2cn1. The third kappa shape index (κ3) is 3.81. The molecule has 3 rings (SSSR count). The number of fused-ring (bicyclic) bond motifs is 1. The molecule has 0 aliphatic carbocycles. The van der Waals surface area contributed by atoms with Gasteiger partial charge in [0, 0.05) is 23.7 Å². The number of ether oxygens (including phenoxy) is 1. The number of hydrogen-bond acceptors (Lipinski definition) is 4. The molecule has 2 aromatic carbocycles. The minimum atomic E-state index is -0.369. The number of halogens is 1. The Morgan fingerprint density at radius 3 is 2.65 bits per heavy atom. The number of carbonyl (C=O) groups excluding carboxylic acids is 1. The molecule has 0 aliphatic heterocycles. The van der Waals surface area contributed by atoms with Gasteiger partial charge in [0.1, 0.15) is 0 Å². The average Bonchev–Trinajstić information content (AvgIpc) is 2.61. The summed E-state index contributed by atoms with van der Waals surface area (Å²) in [5, 5.41) is 2.77. The first-order valence-electron chi connectivity index (χ1n) is 8.51. The predicted molar refractivity (Wildman–Crippen MR) is 106 cm³/mol. The molecule has 0 radical (unpaired) electrons. The van der Waals surface area contributed by atoms with Gasteiger partial charge >= 0.3 is 5.97 Å². The molecule has 0 amide bonds. The van der Waals surface area contributed by atoms with Crippen molar-refractivity contribution >= 4 is 34.0 Å². The lowest BCUT2D eigenvalue weighted by molar-refractivity contribution is 0.0527. The van der Waals surface area contributed by atoms with Crippen LogP contribution in [0.15, 0.2) is 48.7 Å². The molecule has 0 saturated carbocycles. The lowest BCUT2D eigenvalue weighted by Crippen LogP contribution is -2.22. The highest BCUT2D eigenvalue weighted by atomic mass is 35.5. The molecule has 0 bridgehead atoms. The van der Waals surface area contributed by atoms with Crippen LogP contribution in [0.3, 0.4) is 0 Å². The minimum Gasteiger partial charge on any atom is -0.462 e. The van der Waals surface area contributed by atoms with Crippen molar-refractivity contribution in [2.24, 2.45) is 0 Å². The Morgan fingerprint density at radius 1 is 1.19 bits per heavy atom. The van der Waals surface area contributed by atoms with Crippen LogP contribution in [-0.2, 0) is 11.3 Å². The Bertz CT molecular complexity index is 956. The monoisotopic (exact) mass is 368 g/mol. The van der Waals surface area contributed by atoms with E-state index in [0.717, 1.165) is 27.7 Å². The van der Waals surface area contributed by atoms with E-state index in [0.29, 0.717) is 23.7 Å². The molecule has 0 atom stereocenters. The number of carbonyl (C=O) groups is 1. The van der Waals surface area contributed by atoms with Crippen LogP contribution >= 0.6 is 11.6 Å². The number of aromatic nitrogens is 1. The second-order valence-electron chi connectivity index (χ2n) is 6.22. The fourth-order valence-electron chi connectivity index (χ4n) is 3.14. The molecular weight excluding hydrogens is 348 g/mol. The molecular formula is C21H21ClN2O2. The van der Waals surface area contributed by atoms with Crippen molar-refractivity contribution in [3.8, 4) is 0 Å². The first-order chi connectivity index (χ1) is 12.5. The Hall–Kier alpha value is -2.59. The van der Waals surface area contributed by atoms with E-state index in [1.54, 1.807) is 13.0 Å². The topological polar surface area (TPSA) is 42.4 Å². The maximum atomic E-state index is 12.4. The van der Waals surface area contributed by atoms with Gasteiger partial charge in [-0.2, -0.15) is 0 Å². The Labute approximate surface area is 158 Å². The first-order valence-corrected chi connectivity index (χ1v) is 8.89. The van der Waals surface area contributed by atoms with E-state index in [9.17, 15) is 4.79 Å². The lowest BCUT2D eigenvalue weighted by Gasteiger charge is -2.24. The normalized spacial score (nSPS) is 10.8. The summed E-state index contributed by atoms with van der Waals surface area (Å²) in [6.07, 6.45) is 1.87. The summed E-state index contributed by atoms with van der Waals surface area (Å²) in [5.74, 6) is -0.369. The van der Waals surface area contributed by atoms with Crippen LogP contribution in [0.5, 0.6) is 0 Å². The summed E-state index contributed by atoms with van der Waals surface area (Å²) >= 11 is 6.16. The van der Waals surface area contributed by atoms with Crippen LogP contribution in [-0.4, -0.2) is 24.6 Å². The van der Waals surface area contributed by atoms with Gasteiger partial charge in [0.05, 0.1) is 30.1 Å². The van der Waals surface area contributed by atoms with Crippen LogP contribution in [0.2, 0.25) is 5.02 Å². The number of esters is 1. The lowest BCUT2D eigenvalue weighted by atomic mass is 10.1. The van der Waals surface area contributed by atoms with Gasteiger partial charge in [-0.15, -0.1) is 0 Å². The molecule has 3 aromatic rings. The largest absolute Gasteiger partial charge is 0.462 e. The fraction of sp³-hybridized carbons (Fsp3) is 0.238. The molecule has 0 fully saturated rings. The van der Waals surface area contributed by atoms with Crippen molar-refractivity contribution in [1.82, 2.24) is 4.98 Å². The van der Waals surface area contributed by atoms with E-state index in [2.05, 4.69) is 17.1 Å². The highest BCUT2D eigenvalue weighted by Crippen LogP contribution is 2.30. The van der Waals surface area contributed by atoms with Gasteiger partial charge in [-0.05, 0) is 43.0 Å². The number of aryl methyl sites for hydroxylation is 1. The number of nitrogens with zero attached hydrogens (tertiary/aromatic N) is 2. The Morgan fingerprint density at radius 2 is 1.92 bits per heavy atom. The van der Waals surface area contributed by atoms with Gasteiger partial charge in [0.25, 0.3) is 0 Å². The molecule has 5 heteroatoms. The third-order valence-electron chi connectivity index (χ3n) is 4.23. The number of hydrogen-bond donors (Lipinski definition) is 0. The summed E-state index contributed by atoms with van der Waals surface area (Å²) in [6.45, 7) is 4.62. The van der Waals surface area contributed by atoms with Crippen LogP contribution < -0.4 is 4.90 Å². The highest BCUT2D eigenvalue weighted by Gasteiger charge is 2.19. The van der Waals surface area contributed by atoms with E-state index in [4.69, 9.17) is 16.3 Å². The third-order valence-corrected chi connectivity index (χ3v) is 4.45. The summed E-state index contributed by atoms with van der Waals surface area (Å²) in [5.41, 5.74) is 3.13. The van der Waals surface area contributed by atoms with Crippen molar-refractivity contribution in [2.45, 2.75) is 20.4 Å². The van der Waals surface area contributed by atoms with Crippen molar-refractivity contribution in [2.75, 3.05) is 18.6 Å². The van der Waals surface area contributed by atoms with Crippen LogP contribution in [0.25, 0.3) is 10.8 Å². The molecule has 0 aliphatic rings. The molecule has 0 unspecified atom stereocenters. The van der Waals surface area contributed by atoms with Crippen molar-refractivity contribution in [3.63, 3.8) is 0 Å². The van der Waals surface area contributed by atoms with E-state index < -0.39 is 0 Å². The number of anilines is 1. The van der Waals surface area contributed by atoms with Gasteiger partial charge in [-0.25, -0.2) is 4.79 Å². The summed E-state index contributed by atoms with van der Waals surface area (Å²) in [7, 11) is 1.94. The zero-order chi connectivity index (χ0) is 18.7. The zero-order valence-electron chi connectivity index (χ0n) is 15.1. The van der Waals surface area contributed by atoms with Gasteiger partial charge in [-0.1, -0.05) is 35.9 Å². The molecule has 1 aromatic heterocycles. The molecule has 0 N–H and O–H groups in total. The van der Waals surface area contributed by atoms with E-state index in [-0.39, 0.29) is 5.97 Å². The standard InChI is InChI=1S/C21H21ClN2O2/c1-4-26-21(25)19-11-17(22)9-14(2)20(19)24(3)13-18-10-15-7-5-6-8-16(15)12-23-18/h5-12H,4,13H2,1-3H3. The van der Waals surface area contributed by atoms with Gasteiger partial charge < -0.3 is 9.64 Å². The Balaban J connectivity index is 1.95. The number of rotatable bonds is 5. The van der Waals surface area contributed by atoms with Crippen LogP contribution in [0.1, 0.15) is 28.5 Å². The molecule has 26 heavy (non-hydrogen) atoms. The zero-order valence-corrected chi connectivity index (χ0v) is 15.9. The second-order valence-corrected chi connectivity index (χ2v) is 6.65. The quantitative estimate of drug-likeness (QED) is 0.594. The smallest absolute Gasteiger partial charge is 0.340 e. The van der Waals surface area contributed by atoms with Crippen molar-refractivity contribution in [3.05, 3.63) is 70.5 Å². The van der Waals surface area contributed by atoms with Crippen molar-refractivity contribution < 1.29 is 9.53 Å². The maximum absolute atomic E-state index is 12.4. The maximum Gasteiger partial charge on any atom is 0.340 e. The minimum absolute atomic E-state index is 0.319. The molecule has 1 heterocycles. The second kappa shape index (κ2) is 7.75. The molecule has 134 valence electrons. The van der Waals surface area contributed by atoms with Gasteiger partial charge in [0.2, 0.25) is 0 Å². The number of pyridine rings is 1. The van der Waals surface area contributed by atoms with E-state index in [1.807, 2.05) is 49.3 Å². The summed E-state index contributed by atoms with van der Waals surface area (Å²) < 4.78 is 5.20. The molecule has 0 spiro atoms. The number of benzene rings is 2. The van der Waals surface area contributed by atoms with Crippen molar-refractivity contribution in [1.29, 1.82) is 0 Å². The van der Waals surface area contributed by atoms with Gasteiger partial charge in [0.15, 0.2) is 0 Å². The average molecular weight is 369 g/mol. The van der Waals surface area contributed by atoms with Crippen LogP contribution in [0.4, 0.5) is 5.69 Å². The molecule has 0 saturated heterocycles. The van der Waals surface area contributed by atoms with E-state index in [1.165, 1.54) is 0 Å².